The number of benzene rings is 1. The molecule has 1 atom stereocenters. The first-order chi connectivity index (χ1) is 6.19. The third kappa shape index (κ3) is 1.96. The summed E-state index contributed by atoms with van der Waals surface area (Å²) in [6.45, 7) is -0.322. The van der Waals surface area contributed by atoms with Crippen molar-refractivity contribution in [2.24, 2.45) is 0 Å². The maximum Gasteiger partial charge on any atom is 0.165 e. The molecule has 0 spiro atoms. The highest BCUT2D eigenvalue weighted by Crippen LogP contribution is 2.21. The SMILES string of the molecule is N#C[C@H](O)c1ccc(O)c(CO)c1. The summed E-state index contributed by atoms with van der Waals surface area (Å²) in [5.41, 5.74) is 0.663. The summed E-state index contributed by atoms with van der Waals surface area (Å²) in [7, 11) is 0. The van der Waals surface area contributed by atoms with Gasteiger partial charge in [0, 0.05) is 5.56 Å². The quantitative estimate of drug-likeness (QED) is 0.575. The Morgan fingerprint density at radius 3 is 2.69 bits per heavy atom. The van der Waals surface area contributed by atoms with Gasteiger partial charge >= 0.3 is 0 Å². The Bertz CT molecular complexity index is 343. The second-order valence-electron chi connectivity index (χ2n) is 2.58. The summed E-state index contributed by atoms with van der Waals surface area (Å²) in [6, 6.07) is 5.80. The number of aliphatic hydroxyl groups excluding tert-OH is 2. The summed E-state index contributed by atoms with van der Waals surface area (Å²) in [6.07, 6.45) is -1.22. The second-order valence-corrected chi connectivity index (χ2v) is 2.58. The van der Waals surface area contributed by atoms with Crippen LogP contribution in [0.4, 0.5) is 0 Å². The van der Waals surface area contributed by atoms with Crippen LogP contribution in [0.2, 0.25) is 0 Å². The van der Waals surface area contributed by atoms with E-state index in [-0.39, 0.29) is 12.4 Å². The molecule has 1 rings (SSSR count). The third-order valence-electron chi connectivity index (χ3n) is 1.71. The Balaban J connectivity index is 3.08. The summed E-state index contributed by atoms with van der Waals surface area (Å²) < 4.78 is 0. The van der Waals surface area contributed by atoms with Gasteiger partial charge in [-0.15, -0.1) is 0 Å². The van der Waals surface area contributed by atoms with Gasteiger partial charge in [-0.3, -0.25) is 0 Å². The summed E-state index contributed by atoms with van der Waals surface area (Å²) in [5.74, 6) is -0.0450. The van der Waals surface area contributed by atoms with Gasteiger partial charge in [-0.05, 0) is 17.7 Å². The Morgan fingerprint density at radius 1 is 1.46 bits per heavy atom. The zero-order valence-electron chi connectivity index (χ0n) is 6.81. The molecule has 13 heavy (non-hydrogen) atoms. The van der Waals surface area contributed by atoms with Crippen molar-refractivity contribution in [3.63, 3.8) is 0 Å². The van der Waals surface area contributed by atoms with E-state index < -0.39 is 6.10 Å². The van der Waals surface area contributed by atoms with Gasteiger partial charge in [0.15, 0.2) is 6.10 Å². The van der Waals surface area contributed by atoms with Crippen LogP contribution in [-0.4, -0.2) is 15.3 Å². The number of nitriles is 1. The molecule has 68 valence electrons. The fourth-order valence-corrected chi connectivity index (χ4v) is 0.977. The van der Waals surface area contributed by atoms with E-state index in [1.54, 1.807) is 6.07 Å². The van der Waals surface area contributed by atoms with Crippen molar-refractivity contribution in [3.05, 3.63) is 29.3 Å². The second kappa shape index (κ2) is 3.90. The molecule has 0 aromatic heterocycles. The summed E-state index contributed by atoms with van der Waals surface area (Å²) in [5, 5.41) is 35.4. The van der Waals surface area contributed by atoms with Crippen molar-refractivity contribution < 1.29 is 15.3 Å². The van der Waals surface area contributed by atoms with Crippen LogP contribution in [0.1, 0.15) is 17.2 Å². The minimum Gasteiger partial charge on any atom is -0.508 e. The van der Waals surface area contributed by atoms with E-state index in [0.717, 1.165) is 0 Å². The summed E-state index contributed by atoms with van der Waals surface area (Å²) in [4.78, 5) is 0. The lowest BCUT2D eigenvalue weighted by atomic mass is 10.1. The average molecular weight is 179 g/mol. The number of aliphatic hydroxyl groups is 2. The van der Waals surface area contributed by atoms with E-state index in [0.29, 0.717) is 11.1 Å². The molecule has 0 aliphatic carbocycles. The van der Waals surface area contributed by atoms with Gasteiger partial charge in [0.25, 0.3) is 0 Å². The molecule has 0 bridgehead atoms. The monoisotopic (exact) mass is 179 g/mol. The molecule has 0 saturated carbocycles. The van der Waals surface area contributed by atoms with Crippen LogP contribution in [0.25, 0.3) is 0 Å². The van der Waals surface area contributed by atoms with Crippen molar-refractivity contribution in [2.45, 2.75) is 12.7 Å². The van der Waals surface area contributed by atoms with Gasteiger partial charge in [0.05, 0.1) is 12.7 Å². The Labute approximate surface area is 75.3 Å². The molecule has 0 aliphatic heterocycles. The molecule has 0 radical (unpaired) electrons. The lowest BCUT2D eigenvalue weighted by Gasteiger charge is -2.05. The molecular weight excluding hydrogens is 170 g/mol. The molecule has 4 heteroatoms. The van der Waals surface area contributed by atoms with Crippen LogP contribution < -0.4 is 0 Å². The molecule has 0 aliphatic rings. The van der Waals surface area contributed by atoms with Crippen molar-refractivity contribution in [2.75, 3.05) is 0 Å². The number of nitrogens with zero attached hydrogens (tertiary/aromatic N) is 1. The summed E-state index contributed by atoms with van der Waals surface area (Å²) >= 11 is 0. The smallest absolute Gasteiger partial charge is 0.165 e. The molecule has 0 amide bonds. The van der Waals surface area contributed by atoms with Crippen LogP contribution in [0.5, 0.6) is 5.75 Å². The number of rotatable bonds is 2. The Hall–Kier alpha value is -1.57. The van der Waals surface area contributed by atoms with Crippen LogP contribution in [0.15, 0.2) is 18.2 Å². The lowest BCUT2D eigenvalue weighted by molar-refractivity contribution is 0.234. The van der Waals surface area contributed by atoms with Gasteiger partial charge in [-0.1, -0.05) is 6.07 Å². The van der Waals surface area contributed by atoms with Crippen LogP contribution in [-0.2, 0) is 6.61 Å². The highest BCUT2D eigenvalue weighted by atomic mass is 16.3. The Kier molecular flexibility index (Phi) is 2.85. The molecule has 4 nitrogen and oxygen atoms in total. The van der Waals surface area contributed by atoms with E-state index in [9.17, 15) is 0 Å². The third-order valence-corrected chi connectivity index (χ3v) is 1.71. The number of aromatic hydroxyl groups is 1. The first-order valence-corrected chi connectivity index (χ1v) is 3.69. The van der Waals surface area contributed by atoms with E-state index in [2.05, 4.69) is 0 Å². The lowest BCUT2D eigenvalue weighted by Crippen LogP contribution is -1.95. The van der Waals surface area contributed by atoms with Crippen LogP contribution >= 0.6 is 0 Å². The molecular formula is C9H9NO3. The minimum absolute atomic E-state index is 0.0450. The normalized spacial score (nSPS) is 12.1. The topological polar surface area (TPSA) is 84.5 Å². The van der Waals surface area contributed by atoms with E-state index in [4.69, 9.17) is 20.6 Å². The highest BCUT2D eigenvalue weighted by molar-refractivity contribution is 5.37. The van der Waals surface area contributed by atoms with Crippen LogP contribution in [0.3, 0.4) is 0 Å². The zero-order valence-corrected chi connectivity index (χ0v) is 6.81. The zero-order chi connectivity index (χ0) is 9.84. The van der Waals surface area contributed by atoms with E-state index >= 15 is 0 Å². The van der Waals surface area contributed by atoms with Gasteiger partial charge in [-0.25, -0.2) is 0 Å². The molecule has 1 aromatic rings. The van der Waals surface area contributed by atoms with Crippen molar-refractivity contribution in [1.82, 2.24) is 0 Å². The van der Waals surface area contributed by atoms with E-state index in [1.165, 1.54) is 18.2 Å². The number of hydrogen-bond acceptors (Lipinski definition) is 4. The van der Waals surface area contributed by atoms with Gasteiger partial charge in [0.2, 0.25) is 0 Å². The van der Waals surface area contributed by atoms with Crippen molar-refractivity contribution >= 4 is 0 Å². The maximum atomic E-state index is 9.16. The molecule has 3 N–H and O–H groups in total. The maximum absolute atomic E-state index is 9.16. The average Bonchev–Trinajstić information content (AvgIpc) is 2.17. The van der Waals surface area contributed by atoms with Crippen molar-refractivity contribution in [1.29, 1.82) is 5.26 Å². The number of hydrogen-bond donors (Lipinski definition) is 3. The first-order valence-electron chi connectivity index (χ1n) is 3.69. The van der Waals surface area contributed by atoms with Gasteiger partial charge in [-0.2, -0.15) is 5.26 Å². The molecule has 1 aromatic carbocycles. The van der Waals surface area contributed by atoms with Crippen molar-refractivity contribution in [3.8, 4) is 11.8 Å². The van der Waals surface area contributed by atoms with Gasteiger partial charge in [0.1, 0.15) is 5.75 Å². The largest absolute Gasteiger partial charge is 0.508 e. The predicted octanol–water partition coefficient (Wildman–Crippen LogP) is 0.441. The molecule has 0 saturated heterocycles. The predicted molar refractivity (Wildman–Crippen MR) is 44.6 cm³/mol. The van der Waals surface area contributed by atoms with Crippen LogP contribution in [0, 0.1) is 11.3 Å². The Morgan fingerprint density at radius 2 is 2.15 bits per heavy atom. The van der Waals surface area contributed by atoms with E-state index in [1.807, 2.05) is 0 Å². The highest BCUT2D eigenvalue weighted by Gasteiger charge is 2.08. The minimum atomic E-state index is -1.22. The van der Waals surface area contributed by atoms with Gasteiger partial charge < -0.3 is 15.3 Å². The molecule has 0 fully saturated rings. The molecule has 0 unspecified atom stereocenters. The standard InChI is InChI=1S/C9H9NO3/c10-4-9(13)6-1-2-8(12)7(3-6)5-11/h1-3,9,11-13H,5H2/t9-/m0/s1. The number of phenols is 1. The fraction of sp³-hybridized carbons (Fsp3) is 0.222. The fourth-order valence-electron chi connectivity index (χ4n) is 0.977. The molecule has 0 heterocycles. The first kappa shape index (κ1) is 9.52.